The van der Waals surface area contributed by atoms with Gasteiger partial charge in [-0.1, -0.05) is 27.2 Å². The molecule has 2 heteroatoms. The third kappa shape index (κ3) is 2.30. The smallest absolute Gasteiger partial charge is 0.0659 e. The van der Waals surface area contributed by atoms with E-state index >= 15 is 0 Å². The first-order chi connectivity index (χ1) is 8.49. The van der Waals surface area contributed by atoms with Crippen LogP contribution in [-0.4, -0.2) is 11.2 Å². The van der Waals surface area contributed by atoms with E-state index < -0.39 is 0 Å². The zero-order valence-electron chi connectivity index (χ0n) is 12.0. The Morgan fingerprint density at radius 2 is 2.06 bits per heavy atom. The minimum atomic E-state index is -0.118. The summed E-state index contributed by atoms with van der Waals surface area (Å²) in [7, 11) is 0. The number of aliphatic hydroxyl groups excluding tert-OH is 1. The predicted octanol–water partition coefficient (Wildman–Crippen LogP) is 3.75. The molecule has 0 radical (unpaired) electrons. The lowest BCUT2D eigenvalue weighted by molar-refractivity contribution is -0.0252. The summed E-state index contributed by atoms with van der Waals surface area (Å²) in [5.41, 5.74) is 0.215. The van der Waals surface area contributed by atoms with Gasteiger partial charge in [-0.25, -0.2) is 0 Å². The van der Waals surface area contributed by atoms with Crippen molar-refractivity contribution in [3.05, 3.63) is 0 Å². The van der Waals surface area contributed by atoms with Gasteiger partial charge in [0.05, 0.1) is 12.2 Å². The summed E-state index contributed by atoms with van der Waals surface area (Å²) in [5.74, 6) is 1.72. The average molecular weight is 249 g/mol. The molecule has 0 amide bonds. The van der Waals surface area contributed by atoms with Crippen molar-refractivity contribution in [2.45, 2.75) is 65.4 Å². The Balaban J connectivity index is 2.17. The van der Waals surface area contributed by atoms with Crippen LogP contribution in [0.15, 0.2) is 0 Å². The molecular weight excluding hydrogens is 222 g/mol. The highest BCUT2D eigenvalue weighted by Crippen LogP contribution is 2.58. The first kappa shape index (κ1) is 13.9. The Morgan fingerprint density at radius 1 is 1.33 bits per heavy atom. The highest BCUT2D eigenvalue weighted by molar-refractivity contribution is 5.06. The summed E-state index contributed by atoms with van der Waals surface area (Å²) < 4.78 is 0. The Morgan fingerprint density at radius 3 is 2.67 bits per heavy atom. The Labute approximate surface area is 111 Å². The number of nitriles is 1. The molecule has 1 N–H and O–H groups in total. The second-order valence-electron chi connectivity index (χ2n) is 7.12. The van der Waals surface area contributed by atoms with Crippen LogP contribution >= 0.6 is 0 Å². The summed E-state index contributed by atoms with van der Waals surface area (Å²) >= 11 is 0. The van der Waals surface area contributed by atoms with Crippen LogP contribution in [0.2, 0.25) is 0 Å². The molecule has 5 atom stereocenters. The van der Waals surface area contributed by atoms with Crippen molar-refractivity contribution < 1.29 is 5.11 Å². The van der Waals surface area contributed by atoms with E-state index in [2.05, 4.69) is 26.8 Å². The molecule has 2 rings (SSSR count). The second-order valence-corrected chi connectivity index (χ2v) is 7.12. The van der Waals surface area contributed by atoms with E-state index in [1.807, 2.05) is 0 Å². The Kier molecular flexibility index (Phi) is 4.02. The molecular formula is C16H27NO. The van der Waals surface area contributed by atoms with Crippen molar-refractivity contribution in [2.75, 3.05) is 0 Å². The van der Waals surface area contributed by atoms with E-state index in [1.54, 1.807) is 0 Å². The second kappa shape index (κ2) is 5.21. The molecule has 0 bridgehead atoms. The minimum absolute atomic E-state index is 0.118. The zero-order chi connectivity index (χ0) is 13.3. The molecule has 18 heavy (non-hydrogen) atoms. The molecule has 0 spiro atoms. The Hall–Kier alpha value is -0.550. The van der Waals surface area contributed by atoms with E-state index in [0.29, 0.717) is 17.8 Å². The first-order valence-corrected chi connectivity index (χ1v) is 7.56. The molecule has 2 aliphatic carbocycles. The van der Waals surface area contributed by atoms with Crippen molar-refractivity contribution in [3.8, 4) is 6.07 Å². The van der Waals surface area contributed by atoms with Crippen LogP contribution in [0.1, 0.15) is 59.3 Å². The Bertz CT molecular complexity index is 332. The van der Waals surface area contributed by atoms with E-state index in [9.17, 15) is 10.4 Å². The minimum Gasteiger partial charge on any atom is -0.393 e. The molecule has 2 saturated carbocycles. The van der Waals surface area contributed by atoms with Gasteiger partial charge in [-0.3, -0.25) is 0 Å². The lowest BCUT2D eigenvalue weighted by atomic mass is 9.61. The van der Waals surface area contributed by atoms with Crippen LogP contribution in [0.4, 0.5) is 0 Å². The number of aliphatic hydroxyl groups is 1. The number of hydrogen-bond donors (Lipinski definition) is 1. The van der Waals surface area contributed by atoms with Gasteiger partial charge < -0.3 is 5.11 Å². The van der Waals surface area contributed by atoms with Gasteiger partial charge in [-0.15, -0.1) is 0 Å². The maximum absolute atomic E-state index is 10.2. The van der Waals surface area contributed by atoms with Crippen LogP contribution in [0.5, 0.6) is 0 Å². The number of hydrogen-bond acceptors (Lipinski definition) is 2. The van der Waals surface area contributed by atoms with Gasteiger partial charge in [0.2, 0.25) is 0 Å². The van der Waals surface area contributed by atoms with E-state index in [4.69, 9.17) is 0 Å². The first-order valence-electron chi connectivity index (χ1n) is 7.56. The quantitative estimate of drug-likeness (QED) is 0.828. The van der Waals surface area contributed by atoms with E-state index in [1.165, 1.54) is 6.42 Å². The lowest BCUT2D eigenvalue weighted by Crippen LogP contribution is -2.41. The fraction of sp³-hybridized carbons (Fsp3) is 0.938. The number of rotatable bonds is 3. The molecule has 0 heterocycles. The van der Waals surface area contributed by atoms with Gasteiger partial charge in [0.15, 0.2) is 0 Å². The molecule has 0 aromatic carbocycles. The van der Waals surface area contributed by atoms with Crippen molar-refractivity contribution in [2.24, 2.45) is 29.1 Å². The van der Waals surface area contributed by atoms with Gasteiger partial charge in [0, 0.05) is 5.92 Å². The molecule has 0 aromatic rings. The third-order valence-corrected chi connectivity index (χ3v) is 5.54. The third-order valence-electron chi connectivity index (χ3n) is 5.54. The molecule has 5 unspecified atom stereocenters. The predicted molar refractivity (Wildman–Crippen MR) is 72.7 cm³/mol. The molecule has 102 valence electrons. The number of fused-ring (bicyclic) bond motifs is 1. The van der Waals surface area contributed by atoms with Crippen LogP contribution in [-0.2, 0) is 0 Å². The summed E-state index contributed by atoms with van der Waals surface area (Å²) in [4.78, 5) is 0. The molecule has 0 aromatic heterocycles. The van der Waals surface area contributed by atoms with Gasteiger partial charge in [-0.05, 0) is 55.3 Å². The summed E-state index contributed by atoms with van der Waals surface area (Å²) in [6.45, 7) is 6.74. The zero-order valence-corrected chi connectivity index (χ0v) is 12.0. The summed E-state index contributed by atoms with van der Waals surface area (Å²) in [6.07, 6.45) is 6.46. The van der Waals surface area contributed by atoms with Gasteiger partial charge in [0.1, 0.15) is 0 Å². The molecule has 2 nitrogen and oxygen atoms in total. The van der Waals surface area contributed by atoms with Gasteiger partial charge in [-0.2, -0.15) is 5.26 Å². The average Bonchev–Trinajstić information content (AvgIpc) is 2.64. The maximum atomic E-state index is 10.2. The van der Waals surface area contributed by atoms with Crippen molar-refractivity contribution in [1.82, 2.24) is 0 Å². The fourth-order valence-corrected chi connectivity index (χ4v) is 4.67. The molecule has 0 saturated heterocycles. The SMILES string of the molecule is CC(C)CC(C#N)C1CCC2C(O)CCCC21C. The molecule has 2 aliphatic rings. The standard InChI is InChI=1S/C16H27NO/c1-11(2)9-12(10-17)13-6-7-14-15(18)5-4-8-16(13,14)3/h11-15,18H,4-9H2,1-3H3. The van der Waals surface area contributed by atoms with Gasteiger partial charge >= 0.3 is 0 Å². The lowest BCUT2D eigenvalue weighted by Gasteiger charge is -2.44. The summed E-state index contributed by atoms with van der Waals surface area (Å²) in [6, 6.07) is 2.57. The van der Waals surface area contributed by atoms with E-state index in [0.717, 1.165) is 32.1 Å². The van der Waals surface area contributed by atoms with Crippen LogP contribution < -0.4 is 0 Å². The van der Waals surface area contributed by atoms with Crippen molar-refractivity contribution in [1.29, 1.82) is 5.26 Å². The summed E-state index contributed by atoms with van der Waals surface area (Å²) in [5, 5.41) is 19.7. The molecule has 2 fully saturated rings. The highest BCUT2D eigenvalue weighted by Gasteiger charge is 2.53. The van der Waals surface area contributed by atoms with Crippen LogP contribution in [0.3, 0.4) is 0 Å². The largest absolute Gasteiger partial charge is 0.393 e. The van der Waals surface area contributed by atoms with Crippen LogP contribution in [0.25, 0.3) is 0 Å². The van der Waals surface area contributed by atoms with Gasteiger partial charge in [0.25, 0.3) is 0 Å². The molecule has 0 aliphatic heterocycles. The highest BCUT2D eigenvalue weighted by atomic mass is 16.3. The van der Waals surface area contributed by atoms with E-state index in [-0.39, 0.29) is 17.4 Å². The fourth-order valence-electron chi connectivity index (χ4n) is 4.67. The van der Waals surface area contributed by atoms with Crippen molar-refractivity contribution in [3.63, 3.8) is 0 Å². The van der Waals surface area contributed by atoms with Crippen LogP contribution in [0, 0.1) is 40.4 Å². The maximum Gasteiger partial charge on any atom is 0.0659 e. The normalized spacial score (nSPS) is 41.4. The topological polar surface area (TPSA) is 44.0 Å². The van der Waals surface area contributed by atoms with Crippen molar-refractivity contribution >= 4 is 0 Å². The monoisotopic (exact) mass is 249 g/mol. The number of nitrogens with zero attached hydrogens (tertiary/aromatic N) is 1.